The van der Waals surface area contributed by atoms with Gasteiger partial charge in [-0.3, -0.25) is 9.80 Å². The molecule has 2 aromatic carbocycles. The molecule has 0 spiro atoms. The molecule has 0 bridgehead atoms. The van der Waals surface area contributed by atoms with Crippen molar-refractivity contribution in [3.63, 3.8) is 0 Å². The van der Waals surface area contributed by atoms with Crippen molar-refractivity contribution in [1.29, 1.82) is 0 Å². The molecule has 9 heteroatoms. The van der Waals surface area contributed by atoms with E-state index in [1.165, 1.54) is 27.6 Å². The maximum atomic E-state index is 13.6. The number of hydrogen-bond donors (Lipinski definition) is 0. The van der Waals surface area contributed by atoms with E-state index in [1.807, 2.05) is 6.92 Å². The molecule has 2 aliphatic rings. The Bertz CT molecular complexity index is 1100. The number of benzene rings is 2. The SMILES string of the molecule is Cc1ccc(CC2CN(C(C)C)CC3N2CCCN3S(=O)(=O)c2cccc(C(F)(F)F)c2)cc1. The Labute approximate surface area is 200 Å². The Kier molecular flexibility index (Phi) is 7.11. The third-order valence-electron chi connectivity index (χ3n) is 6.91. The molecule has 0 saturated carbocycles. The first-order valence-corrected chi connectivity index (χ1v) is 13.2. The number of nitrogens with zero attached hydrogens (tertiary/aromatic N) is 3. The van der Waals surface area contributed by atoms with Crippen LogP contribution in [-0.2, 0) is 22.6 Å². The quantitative estimate of drug-likeness (QED) is 0.618. The van der Waals surface area contributed by atoms with Crippen molar-refractivity contribution in [3.8, 4) is 0 Å². The van der Waals surface area contributed by atoms with Crippen LogP contribution in [0.25, 0.3) is 0 Å². The summed E-state index contributed by atoms with van der Waals surface area (Å²) >= 11 is 0. The van der Waals surface area contributed by atoms with Gasteiger partial charge >= 0.3 is 6.18 Å². The molecule has 4 rings (SSSR count). The summed E-state index contributed by atoms with van der Waals surface area (Å²) in [7, 11) is -4.10. The summed E-state index contributed by atoms with van der Waals surface area (Å²) in [6.07, 6.45) is -3.59. The third kappa shape index (κ3) is 5.17. The van der Waals surface area contributed by atoms with E-state index >= 15 is 0 Å². The van der Waals surface area contributed by atoms with E-state index in [0.717, 1.165) is 31.6 Å². The van der Waals surface area contributed by atoms with Crippen LogP contribution in [0, 0.1) is 6.92 Å². The summed E-state index contributed by atoms with van der Waals surface area (Å²) in [5.74, 6) is 0. The first-order valence-electron chi connectivity index (χ1n) is 11.7. The van der Waals surface area contributed by atoms with E-state index in [9.17, 15) is 21.6 Å². The Hall–Kier alpha value is -1.94. The standard InChI is InChI=1S/C25H32F3N3O2S/c1-18(2)29-16-22(14-20-10-8-19(3)9-11-20)30-12-5-13-31(24(30)17-29)34(32,33)23-7-4-6-21(15-23)25(26,27)28/h4,6-11,15,18,22,24H,5,12-14,16-17H2,1-3H3. The topological polar surface area (TPSA) is 43.9 Å². The number of rotatable bonds is 5. The zero-order chi connectivity index (χ0) is 24.7. The summed E-state index contributed by atoms with van der Waals surface area (Å²) in [6.45, 7) is 8.63. The van der Waals surface area contributed by atoms with E-state index in [0.29, 0.717) is 19.5 Å². The second kappa shape index (κ2) is 9.60. The Balaban J connectivity index is 1.66. The van der Waals surface area contributed by atoms with Gasteiger partial charge in [-0.25, -0.2) is 8.42 Å². The average Bonchev–Trinajstić information content (AvgIpc) is 2.79. The van der Waals surface area contributed by atoms with Gasteiger partial charge < -0.3 is 0 Å². The minimum absolute atomic E-state index is 0.114. The molecule has 0 aliphatic carbocycles. The highest BCUT2D eigenvalue weighted by molar-refractivity contribution is 7.89. The number of aryl methyl sites for hydroxylation is 1. The van der Waals surface area contributed by atoms with Crippen molar-refractivity contribution in [2.75, 3.05) is 26.2 Å². The van der Waals surface area contributed by atoms with Gasteiger partial charge in [-0.05, 0) is 57.4 Å². The van der Waals surface area contributed by atoms with Crippen LogP contribution in [0.2, 0.25) is 0 Å². The van der Waals surface area contributed by atoms with Crippen LogP contribution in [0.4, 0.5) is 13.2 Å². The van der Waals surface area contributed by atoms with Gasteiger partial charge in [0, 0.05) is 38.3 Å². The first kappa shape index (κ1) is 25.2. The molecular formula is C25H32F3N3O2S. The normalized spacial score (nSPS) is 23.3. The lowest BCUT2D eigenvalue weighted by molar-refractivity contribution is -0.137. The Morgan fingerprint density at radius 1 is 1.03 bits per heavy atom. The number of piperazine rings is 1. The number of halogens is 3. The van der Waals surface area contributed by atoms with Crippen LogP contribution in [0.1, 0.15) is 37.0 Å². The van der Waals surface area contributed by atoms with Crippen molar-refractivity contribution >= 4 is 10.0 Å². The lowest BCUT2D eigenvalue weighted by Gasteiger charge is -2.53. The van der Waals surface area contributed by atoms with Crippen molar-refractivity contribution in [2.24, 2.45) is 0 Å². The van der Waals surface area contributed by atoms with Crippen LogP contribution in [0.15, 0.2) is 53.4 Å². The molecule has 2 unspecified atom stereocenters. The van der Waals surface area contributed by atoms with Crippen LogP contribution < -0.4 is 0 Å². The van der Waals surface area contributed by atoms with Crippen molar-refractivity contribution in [1.82, 2.24) is 14.1 Å². The number of fused-ring (bicyclic) bond motifs is 1. The number of hydrogen-bond acceptors (Lipinski definition) is 4. The third-order valence-corrected chi connectivity index (χ3v) is 8.81. The van der Waals surface area contributed by atoms with Gasteiger partial charge in [0.1, 0.15) is 0 Å². The molecule has 2 aromatic rings. The van der Waals surface area contributed by atoms with E-state index in [2.05, 4.69) is 47.9 Å². The zero-order valence-corrected chi connectivity index (χ0v) is 20.6. The summed E-state index contributed by atoms with van der Waals surface area (Å²) in [4.78, 5) is 4.22. The second-order valence-electron chi connectivity index (χ2n) is 9.60. The zero-order valence-electron chi connectivity index (χ0n) is 19.8. The minimum Gasteiger partial charge on any atom is -0.296 e. The monoisotopic (exact) mass is 495 g/mol. The van der Waals surface area contributed by atoms with Gasteiger partial charge in [0.15, 0.2) is 0 Å². The van der Waals surface area contributed by atoms with Gasteiger partial charge in [0.05, 0.1) is 16.6 Å². The maximum absolute atomic E-state index is 13.6. The lowest BCUT2D eigenvalue weighted by atomic mass is 9.98. The van der Waals surface area contributed by atoms with Gasteiger partial charge in [-0.15, -0.1) is 0 Å². The summed E-state index contributed by atoms with van der Waals surface area (Å²) in [6, 6.07) is 12.8. The molecule has 0 amide bonds. The lowest BCUT2D eigenvalue weighted by Crippen LogP contribution is -2.68. The van der Waals surface area contributed by atoms with Gasteiger partial charge in [0.2, 0.25) is 10.0 Å². The second-order valence-corrected chi connectivity index (χ2v) is 11.5. The van der Waals surface area contributed by atoms with Crippen molar-refractivity contribution in [2.45, 2.75) is 62.9 Å². The highest BCUT2D eigenvalue weighted by Crippen LogP contribution is 2.34. The predicted octanol–water partition coefficient (Wildman–Crippen LogP) is 4.37. The van der Waals surface area contributed by atoms with Crippen LogP contribution in [0.5, 0.6) is 0 Å². The van der Waals surface area contributed by atoms with Gasteiger partial charge in [0.25, 0.3) is 0 Å². The molecular weight excluding hydrogens is 463 g/mol. The molecule has 186 valence electrons. The van der Waals surface area contributed by atoms with E-state index in [4.69, 9.17) is 0 Å². The molecule has 2 aliphatic heterocycles. The highest BCUT2D eigenvalue weighted by Gasteiger charge is 2.45. The largest absolute Gasteiger partial charge is 0.416 e. The number of sulfonamides is 1. The highest BCUT2D eigenvalue weighted by atomic mass is 32.2. The fourth-order valence-electron chi connectivity index (χ4n) is 5.00. The minimum atomic E-state index is -4.60. The summed E-state index contributed by atoms with van der Waals surface area (Å²) in [5.41, 5.74) is 1.43. The van der Waals surface area contributed by atoms with Crippen molar-refractivity contribution < 1.29 is 21.6 Å². The fourth-order valence-corrected chi connectivity index (χ4v) is 6.68. The summed E-state index contributed by atoms with van der Waals surface area (Å²) in [5, 5.41) is 0. The molecule has 0 aromatic heterocycles. The smallest absolute Gasteiger partial charge is 0.296 e. The molecule has 0 radical (unpaired) electrons. The van der Waals surface area contributed by atoms with Crippen LogP contribution in [-0.4, -0.2) is 67.0 Å². The van der Waals surface area contributed by atoms with E-state index in [-0.39, 0.29) is 17.0 Å². The Morgan fingerprint density at radius 3 is 2.38 bits per heavy atom. The fraction of sp³-hybridized carbons (Fsp3) is 0.520. The predicted molar refractivity (Wildman–Crippen MR) is 126 cm³/mol. The average molecular weight is 496 g/mol. The van der Waals surface area contributed by atoms with E-state index < -0.39 is 27.9 Å². The van der Waals surface area contributed by atoms with Crippen LogP contribution >= 0.6 is 0 Å². The van der Waals surface area contributed by atoms with Crippen molar-refractivity contribution in [3.05, 3.63) is 65.2 Å². The maximum Gasteiger partial charge on any atom is 0.416 e. The molecule has 2 atom stereocenters. The first-order chi connectivity index (χ1) is 16.0. The van der Waals surface area contributed by atoms with Crippen LogP contribution in [0.3, 0.4) is 0 Å². The number of alkyl halides is 3. The molecule has 5 nitrogen and oxygen atoms in total. The molecule has 2 fully saturated rings. The van der Waals surface area contributed by atoms with Gasteiger partial charge in [-0.2, -0.15) is 17.5 Å². The van der Waals surface area contributed by atoms with Gasteiger partial charge in [-0.1, -0.05) is 35.9 Å². The summed E-state index contributed by atoms with van der Waals surface area (Å²) < 4.78 is 68.4. The molecule has 0 N–H and O–H groups in total. The molecule has 34 heavy (non-hydrogen) atoms. The Morgan fingerprint density at radius 2 is 1.74 bits per heavy atom. The van der Waals surface area contributed by atoms with E-state index in [1.54, 1.807) is 0 Å². The molecule has 2 saturated heterocycles. The molecule has 2 heterocycles.